The third kappa shape index (κ3) is 3.66. The summed E-state index contributed by atoms with van der Waals surface area (Å²) in [7, 11) is 0. The van der Waals surface area contributed by atoms with Crippen LogP contribution in [-0.4, -0.2) is 34.8 Å². The second-order valence-electron chi connectivity index (χ2n) is 4.18. The molecule has 3 nitrogen and oxygen atoms in total. The highest BCUT2D eigenvalue weighted by molar-refractivity contribution is 7.99. The molecular formula is C13H17NO2S. The predicted molar refractivity (Wildman–Crippen MR) is 69.3 cm³/mol. The smallest absolute Gasteiger partial charge is 0.223 e. The number of benzene rings is 1. The number of hydrogen-bond donors (Lipinski definition) is 1. The van der Waals surface area contributed by atoms with E-state index >= 15 is 0 Å². The van der Waals surface area contributed by atoms with Gasteiger partial charge in [-0.3, -0.25) is 4.79 Å². The molecule has 1 heterocycles. The van der Waals surface area contributed by atoms with Crippen molar-refractivity contribution in [1.82, 2.24) is 4.90 Å². The molecule has 4 heteroatoms. The first-order chi connectivity index (χ1) is 8.25. The van der Waals surface area contributed by atoms with Gasteiger partial charge in [0.15, 0.2) is 0 Å². The minimum atomic E-state index is 0.272. The van der Waals surface area contributed by atoms with Gasteiger partial charge in [-0.15, -0.1) is 11.8 Å². The minimum Gasteiger partial charge on any atom is -0.508 e. The number of phenolic OH excluding ortho intramolecular Hbond substituents is 1. The lowest BCUT2D eigenvalue weighted by Crippen LogP contribution is -2.27. The Morgan fingerprint density at radius 3 is 2.53 bits per heavy atom. The molecule has 0 unspecified atom stereocenters. The average Bonchev–Trinajstić information content (AvgIpc) is 2.85. The molecule has 1 aromatic rings. The summed E-state index contributed by atoms with van der Waals surface area (Å²) in [5, 5.41) is 9.14. The molecule has 1 aromatic carbocycles. The standard InChI is InChI=1S/C13H17NO2S/c15-11-3-5-12(6-4-11)17-10-7-13(16)14-8-1-2-9-14/h3-6,15H,1-2,7-10H2. The number of aromatic hydroxyl groups is 1. The summed E-state index contributed by atoms with van der Waals surface area (Å²) in [6.07, 6.45) is 2.90. The summed E-state index contributed by atoms with van der Waals surface area (Å²) >= 11 is 1.66. The lowest BCUT2D eigenvalue weighted by molar-refractivity contribution is -0.129. The van der Waals surface area contributed by atoms with Crippen LogP contribution < -0.4 is 0 Å². The van der Waals surface area contributed by atoms with Gasteiger partial charge in [0, 0.05) is 30.2 Å². The fourth-order valence-electron chi connectivity index (χ4n) is 1.92. The zero-order valence-corrected chi connectivity index (χ0v) is 10.6. The summed E-state index contributed by atoms with van der Waals surface area (Å²) in [5.41, 5.74) is 0. The van der Waals surface area contributed by atoms with Crippen molar-refractivity contribution >= 4 is 17.7 Å². The number of nitrogens with zero attached hydrogens (tertiary/aromatic N) is 1. The van der Waals surface area contributed by atoms with E-state index in [1.54, 1.807) is 23.9 Å². The Bertz CT molecular complexity index is 372. The van der Waals surface area contributed by atoms with E-state index in [4.69, 9.17) is 5.11 Å². The van der Waals surface area contributed by atoms with Gasteiger partial charge < -0.3 is 10.0 Å². The second-order valence-corrected chi connectivity index (χ2v) is 5.35. The topological polar surface area (TPSA) is 40.5 Å². The third-order valence-corrected chi connectivity index (χ3v) is 3.89. The monoisotopic (exact) mass is 251 g/mol. The molecule has 1 saturated heterocycles. The van der Waals surface area contributed by atoms with Gasteiger partial charge in [0.1, 0.15) is 5.75 Å². The van der Waals surface area contributed by atoms with Crippen LogP contribution in [-0.2, 0) is 4.79 Å². The SMILES string of the molecule is O=C(CCSc1ccc(O)cc1)N1CCCC1. The maximum absolute atomic E-state index is 11.8. The molecule has 2 rings (SSSR count). The molecule has 17 heavy (non-hydrogen) atoms. The fourth-order valence-corrected chi connectivity index (χ4v) is 2.76. The molecule has 1 fully saturated rings. The molecule has 0 aromatic heterocycles. The lowest BCUT2D eigenvalue weighted by atomic mass is 10.3. The number of rotatable bonds is 4. The Balaban J connectivity index is 1.72. The lowest BCUT2D eigenvalue weighted by Gasteiger charge is -2.14. The first-order valence-electron chi connectivity index (χ1n) is 5.95. The Morgan fingerprint density at radius 2 is 1.88 bits per heavy atom. The van der Waals surface area contributed by atoms with Gasteiger partial charge in [-0.05, 0) is 37.1 Å². The van der Waals surface area contributed by atoms with Crippen molar-refractivity contribution in [3.05, 3.63) is 24.3 Å². The van der Waals surface area contributed by atoms with Crippen molar-refractivity contribution in [2.45, 2.75) is 24.2 Å². The Labute approximate surface area is 106 Å². The van der Waals surface area contributed by atoms with E-state index in [0.29, 0.717) is 6.42 Å². The van der Waals surface area contributed by atoms with E-state index in [1.807, 2.05) is 17.0 Å². The zero-order valence-electron chi connectivity index (χ0n) is 9.76. The summed E-state index contributed by atoms with van der Waals surface area (Å²) in [6.45, 7) is 1.87. The van der Waals surface area contributed by atoms with Crippen LogP contribution in [0.4, 0.5) is 0 Å². The molecular weight excluding hydrogens is 234 g/mol. The molecule has 1 amide bonds. The van der Waals surface area contributed by atoms with Crippen molar-refractivity contribution in [3.63, 3.8) is 0 Å². The predicted octanol–water partition coefficient (Wildman–Crippen LogP) is 2.50. The molecule has 0 aliphatic carbocycles. The molecule has 0 atom stereocenters. The average molecular weight is 251 g/mol. The highest BCUT2D eigenvalue weighted by Crippen LogP contribution is 2.21. The van der Waals surface area contributed by atoms with E-state index in [2.05, 4.69) is 0 Å². The summed E-state index contributed by atoms with van der Waals surface area (Å²) in [5.74, 6) is 1.36. The first-order valence-corrected chi connectivity index (χ1v) is 6.94. The number of hydrogen-bond acceptors (Lipinski definition) is 3. The van der Waals surface area contributed by atoms with Crippen LogP contribution in [0.2, 0.25) is 0 Å². The minimum absolute atomic E-state index is 0.272. The summed E-state index contributed by atoms with van der Waals surface area (Å²) < 4.78 is 0. The van der Waals surface area contributed by atoms with Crippen molar-refractivity contribution in [3.8, 4) is 5.75 Å². The summed E-state index contributed by atoms with van der Waals surface area (Å²) in [4.78, 5) is 14.8. The van der Waals surface area contributed by atoms with Crippen LogP contribution in [0.15, 0.2) is 29.2 Å². The molecule has 92 valence electrons. The molecule has 1 aliphatic heterocycles. The molecule has 0 spiro atoms. The highest BCUT2D eigenvalue weighted by Gasteiger charge is 2.16. The van der Waals surface area contributed by atoms with Crippen LogP contribution in [0, 0.1) is 0 Å². The van der Waals surface area contributed by atoms with Gasteiger partial charge in [-0.2, -0.15) is 0 Å². The van der Waals surface area contributed by atoms with Gasteiger partial charge in [-0.1, -0.05) is 0 Å². The normalized spacial score (nSPS) is 15.2. The molecule has 0 saturated carbocycles. The molecule has 0 bridgehead atoms. The van der Waals surface area contributed by atoms with Gasteiger partial charge in [-0.25, -0.2) is 0 Å². The van der Waals surface area contributed by atoms with Crippen LogP contribution in [0.1, 0.15) is 19.3 Å². The maximum atomic E-state index is 11.8. The Kier molecular flexibility index (Phi) is 4.31. The van der Waals surface area contributed by atoms with E-state index in [9.17, 15) is 4.79 Å². The van der Waals surface area contributed by atoms with Crippen LogP contribution in [0.3, 0.4) is 0 Å². The van der Waals surface area contributed by atoms with Gasteiger partial charge >= 0.3 is 0 Å². The third-order valence-electron chi connectivity index (χ3n) is 2.88. The van der Waals surface area contributed by atoms with Crippen LogP contribution in [0.5, 0.6) is 5.75 Å². The van der Waals surface area contributed by atoms with Gasteiger partial charge in [0.2, 0.25) is 5.91 Å². The van der Waals surface area contributed by atoms with E-state index in [-0.39, 0.29) is 11.7 Å². The Morgan fingerprint density at radius 1 is 1.24 bits per heavy atom. The number of thioether (sulfide) groups is 1. The van der Waals surface area contributed by atoms with Crippen molar-refractivity contribution in [2.75, 3.05) is 18.8 Å². The highest BCUT2D eigenvalue weighted by atomic mass is 32.2. The van der Waals surface area contributed by atoms with E-state index in [1.165, 1.54) is 0 Å². The number of amides is 1. The first kappa shape index (κ1) is 12.3. The largest absolute Gasteiger partial charge is 0.508 e. The van der Waals surface area contributed by atoms with E-state index in [0.717, 1.165) is 36.6 Å². The van der Waals surface area contributed by atoms with Crippen molar-refractivity contribution in [2.24, 2.45) is 0 Å². The molecule has 0 radical (unpaired) electrons. The summed E-state index contributed by atoms with van der Waals surface area (Å²) in [6, 6.07) is 7.09. The number of carbonyl (C=O) groups excluding carboxylic acids is 1. The maximum Gasteiger partial charge on any atom is 0.223 e. The Hall–Kier alpha value is -1.16. The van der Waals surface area contributed by atoms with Gasteiger partial charge in [0.25, 0.3) is 0 Å². The quantitative estimate of drug-likeness (QED) is 0.836. The number of phenols is 1. The van der Waals surface area contributed by atoms with E-state index < -0.39 is 0 Å². The molecule has 1 aliphatic rings. The molecule has 1 N–H and O–H groups in total. The van der Waals surface area contributed by atoms with Gasteiger partial charge in [0.05, 0.1) is 0 Å². The van der Waals surface area contributed by atoms with Crippen molar-refractivity contribution in [1.29, 1.82) is 0 Å². The van der Waals surface area contributed by atoms with Crippen LogP contribution >= 0.6 is 11.8 Å². The fraction of sp³-hybridized carbons (Fsp3) is 0.462. The van der Waals surface area contributed by atoms with Crippen molar-refractivity contribution < 1.29 is 9.90 Å². The number of carbonyl (C=O) groups is 1. The number of likely N-dealkylation sites (tertiary alicyclic amines) is 1. The van der Waals surface area contributed by atoms with Crippen LogP contribution in [0.25, 0.3) is 0 Å². The second kappa shape index (κ2) is 5.96. The zero-order chi connectivity index (χ0) is 12.1.